The average Bonchev–Trinajstić information content (AvgIpc) is 2.31. The molecule has 0 spiro atoms. The fraction of sp³-hybridized carbons (Fsp3) is 0.462. The summed E-state index contributed by atoms with van der Waals surface area (Å²) >= 11 is 0. The summed E-state index contributed by atoms with van der Waals surface area (Å²) in [5, 5.41) is 12.7. The predicted octanol–water partition coefficient (Wildman–Crippen LogP) is 2.00. The third-order valence-corrected chi connectivity index (χ3v) is 3.18. The molecule has 16 heavy (non-hydrogen) atoms. The molecule has 0 unspecified atom stereocenters. The second kappa shape index (κ2) is 5.12. The zero-order valence-corrected chi connectivity index (χ0v) is 9.23. The van der Waals surface area contributed by atoms with Gasteiger partial charge in [-0.15, -0.1) is 0 Å². The van der Waals surface area contributed by atoms with Crippen LogP contribution in [-0.2, 0) is 4.79 Å². The minimum absolute atomic E-state index is 0.0775. The number of carboxylic acids is 1. The van der Waals surface area contributed by atoms with Gasteiger partial charge in [-0.3, -0.25) is 4.79 Å². The first-order chi connectivity index (χ1) is 7.79. The Hall–Kier alpha value is -1.35. The molecule has 0 bridgehead atoms. The molecule has 86 valence electrons. The third kappa shape index (κ3) is 2.42. The van der Waals surface area contributed by atoms with Crippen molar-refractivity contribution in [2.45, 2.75) is 31.2 Å². The minimum atomic E-state index is -0.731. The number of benzene rings is 1. The molecule has 0 aromatic heterocycles. The highest BCUT2D eigenvalue weighted by Gasteiger charge is 2.30. The van der Waals surface area contributed by atoms with Gasteiger partial charge in [0, 0.05) is 6.04 Å². The van der Waals surface area contributed by atoms with Crippen LogP contribution in [0.3, 0.4) is 0 Å². The highest BCUT2D eigenvalue weighted by atomic mass is 16.4. The molecule has 1 saturated heterocycles. The monoisotopic (exact) mass is 219 g/mol. The summed E-state index contributed by atoms with van der Waals surface area (Å²) < 4.78 is 0. The van der Waals surface area contributed by atoms with E-state index in [4.69, 9.17) is 0 Å². The highest BCUT2D eigenvalue weighted by molar-refractivity contribution is 5.77. The van der Waals surface area contributed by atoms with E-state index < -0.39 is 11.9 Å². The maximum absolute atomic E-state index is 11.4. The van der Waals surface area contributed by atoms with Crippen molar-refractivity contribution in [2.75, 3.05) is 6.54 Å². The Morgan fingerprint density at radius 2 is 2.06 bits per heavy atom. The normalized spacial score (nSPS) is 22.6. The van der Waals surface area contributed by atoms with E-state index in [1.54, 1.807) is 0 Å². The van der Waals surface area contributed by atoms with Gasteiger partial charge >= 0.3 is 5.97 Å². The molecule has 2 atom stereocenters. The molecule has 1 aromatic rings. The van der Waals surface area contributed by atoms with Gasteiger partial charge in [-0.1, -0.05) is 36.8 Å². The molecule has 1 aromatic carbocycles. The highest BCUT2D eigenvalue weighted by Crippen LogP contribution is 2.25. The van der Waals surface area contributed by atoms with Gasteiger partial charge in [-0.05, 0) is 24.9 Å². The first-order valence-electron chi connectivity index (χ1n) is 5.80. The molecule has 2 rings (SSSR count). The average molecular weight is 219 g/mol. The zero-order valence-electron chi connectivity index (χ0n) is 9.23. The van der Waals surface area contributed by atoms with Crippen molar-refractivity contribution >= 4 is 5.97 Å². The van der Waals surface area contributed by atoms with Gasteiger partial charge in [0.2, 0.25) is 0 Å². The van der Waals surface area contributed by atoms with Crippen LogP contribution in [0.15, 0.2) is 30.3 Å². The Morgan fingerprint density at radius 3 is 2.62 bits per heavy atom. The fourth-order valence-corrected chi connectivity index (χ4v) is 2.37. The smallest absolute Gasteiger partial charge is 0.312 e. The lowest BCUT2D eigenvalue weighted by Crippen LogP contribution is -2.41. The van der Waals surface area contributed by atoms with Crippen molar-refractivity contribution in [3.05, 3.63) is 35.9 Å². The van der Waals surface area contributed by atoms with Gasteiger partial charge in [0.05, 0.1) is 5.92 Å². The van der Waals surface area contributed by atoms with Crippen LogP contribution in [0, 0.1) is 0 Å². The molecule has 0 radical (unpaired) electrons. The first-order valence-corrected chi connectivity index (χ1v) is 5.80. The molecule has 1 aliphatic rings. The summed E-state index contributed by atoms with van der Waals surface area (Å²) in [4.78, 5) is 11.4. The van der Waals surface area contributed by atoms with Crippen LogP contribution in [0.2, 0.25) is 0 Å². The first kappa shape index (κ1) is 11.1. The van der Waals surface area contributed by atoms with E-state index in [-0.39, 0.29) is 6.04 Å². The van der Waals surface area contributed by atoms with Crippen molar-refractivity contribution in [3.8, 4) is 0 Å². The lowest BCUT2D eigenvalue weighted by molar-refractivity contribution is -0.139. The minimum Gasteiger partial charge on any atom is -0.481 e. The Bertz CT molecular complexity index is 344. The number of nitrogens with one attached hydrogen (secondary N) is 1. The van der Waals surface area contributed by atoms with Crippen LogP contribution in [0.4, 0.5) is 0 Å². The van der Waals surface area contributed by atoms with E-state index in [1.165, 1.54) is 0 Å². The van der Waals surface area contributed by atoms with Crippen molar-refractivity contribution in [2.24, 2.45) is 0 Å². The summed E-state index contributed by atoms with van der Waals surface area (Å²) in [7, 11) is 0. The van der Waals surface area contributed by atoms with E-state index in [2.05, 4.69) is 5.32 Å². The summed E-state index contributed by atoms with van der Waals surface area (Å²) in [6.07, 6.45) is 3.22. The molecule has 0 saturated carbocycles. The van der Waals surface area contributed by atoms with Crippen LogP contribution in [-0.4, -0.2) is 23.7 Å². The maximum Gasteiger partial charge on any atom is 0.312 e. The number of hydrogen-bond donors (Lipinski definition) is 2. The lowest BCUT2D eigenvalue weighted by atomic mass is 9.86. The second-order valence-electron chi connectivity index (χ2n) is 4.28. The van der Waals surface area contributed by atoms with E-state index in [9.17, 15) is 9.90 Å². The molecule has 1 aliphatic heterocycles. The molecule has 3 heteroatoms. The molecule has 3 nitrogen and oxygen atoms in total. The summed E-state index contributed by atoms with van der Waals surface area (Å²) in [6.45, 7) is 0.932. The molecule has 1 heterocycles. The van der Waals surface area contributed by atoms with E-state index >= 15 is 0 Å². The Kier molecular flexibility index (Phi) is 3.57. The number of carboxylic acid groups (broad SMARTS) is 1. The molecule has 0 aliphatic carbocycles. The van der Waals surface area contributed by atoms with Gasteiger partial charge in [-0.2, -0.15) is 0 Å². The summed E-state index contributed by atoms with van der Waals surface area (Å²) in [5.41, 5.74) is 0.898. The molecular weight excluding hydrogens is 202 g/mol. The summed E-state index contributed by atoms with van der Waals surface area (Å²) in [6, 6.07) is 9.58. The number of rotatable bonds is 3. The number of carbonyl (C=O) groups is 1. The second-order valence-corrected chi connectivity index (χ2v) is 4.28. The van der Waals surface area contributed by atoms with E-state index in [0.717, 1.165) is 31.4 Å². The number of hydrogen-bond acceptors (Lipinski definition) is 2. The van der Waals surface area contributed by atoms with Gasteiger partial charge in [-0.25, -0.2) is 0 Å². The standard InChI is InChI=1S/C13H17NO2/c15-13(16)12(10-6-2-1-3-7-10)11-8-4-5-9-14-11/h1-3,6-7,11-12,14H,4-5,8-9H2,(H,15,16)/t11-,12-/m1/s1. The molecular formula is C13H17NO2. The molecule has 1 fully saturated rings. The van der Waals surface area contributed by atoms with Crippen LogP contribution in [0.25, 0.3) is 0 Å². The molecule has 2 N–H and O–H groups in total. The van der Waals surface area contributed by atoms with Crippen LogP contribution >= 0.6 is 0 Å². The van der Waals surface area contributed by atoms with E-state index in [0.29, 0.717) is 0 Å². The van der Waals surface area contributed by atoms with Gasteiger partial charge in [0.1, 0.15) is 0 Å². The number of piperidine rings is 1. The maximum atomic E-state index is 11.4. The SMILES string of the molecule is O=C(O)[C@H](c1ccccc1)[C@H]1CCCCN1. The third-order valence-electron chi connectivity index (χ3n) is 3.18. The van der Waals surface area contributed by atoms with Crippen molar-refractivity contribution in [1.29, 1.82) is 0 Å². The van der Waals surface area contributed by atoms with Gasteiger partial charge < -0.3 is 10.4 Å². The zero-order chi connectivity index (χ0) is 11.4. The van der Waals surface area contributed by atoms with Gasteiger partial charge in [0.25, 0.3) is 0 Å². The Labute approximate surface area is 95.5 Å². The van der Waals surface area contributed by atoms with Crippen molar-refractivity contribution < 1.29 is 9.90 Å². The fourth-order valence-electron chi connectivity index (χ4n) is 2.37. The van der Waals surface area contributed by atoms with Crippen molar-refractivity contribution in [3.63, 3.8) is 0 Å². The van der Waals surface area contributed by atoms with Crippen molar-refractivity contribution in [1.82, 2.24) is 5.32 Å². The van der Waals surface area contributed by atoms with Crippen LogP contribution < -0.4 is 5.32 Å². The quantitative estimate of drug-likeness (QED) is 0.817. The van der Waals surface area contributed by atoms with E-state index in [1.807, 2.05) is 30.3 Å². The number of aliphatic carboxylic acids is 1. The Balaban J connectivity index is 2.20. The predicted molar refractivity (Wildman–Crippen MR) is 62.5 cm³/mol. The Morgan fingerprint density at radius 1 is 1.31 bits per heavy atom. The molecule has 0 amide bonds. The summed E-state index contributed by atoms with van der Waals surface area (Å²) in [5.74, 6) is -1.15. The van der Waals surface area contributed by atoms with Crippen LogP contribution in [0.5, 0.6) is 0 Å². The lowest BCUT2D eigenvalue weighted by Gasteiger charge is -2.29. The van der Waals surface area contributed by atoms with Gasteiger partial charge in [0.15, 0.2) is 0 Å². The largest absolute Gasteiger partial charge is 0.481 e. The van der Waals surface area contributed by atoms with Crippen LogP contribution in [0.1, 0.15) is 30.7 Å². The topological polar surface area (TPSA) is 49.3 Å².